The van der Waals surface area contributed by atoms with Gasteiger partial charge in [0.2, 0.25) is 0 Å². The molecule has 0 aromatic heterocycles. The molecule has 8 nitrogen and oxygen atoms in total. The lowest BCUT2D eigenvalue weighted by molar-refractivity contribution is 0.176. The Kier molecular flexibility index (Phi) is 15.7. The smallest absolute Gasteiger partial charge is 0.404 e. The second-order valence-electron chi connectivity index (χ2n) is 6.99. The first-order valence-corrected chi connectivity index (χ1v) is 9.99. The summed E-state index contributed by atoms with van der Waals surface area (Å²) in [5.41, 5.74) is 2.32. The molecule has 2 amide bonds. The molecule has 32 heavy (non-hydrogen) atoms. The van der Waals surface area contributed by atoms with Crippen LogP contribution in [0.3, 0.4) is 0 Å². The molecule has 0 aliphatic heterocycles. The van der Waals surface area contributed by atoms with Crippen molar-refractivity contribution < 1.29 is 19.8 Å². The quantitative estimate of drug-likeness (QED) is 0.345. The van der Waals surface area contributed by atoms with E-state index in [9.17, 15) is 9.59 Å². The summed E-state index contributed by atoms with van der Waals surface area (Å²) >= 11 is 0. The molecule has 0 saturated carbocycles. The van der Waals surface area contributed by atoms with Gasteiger partial charge in [0.05, 0.1) is 0 Å². The molecule has 0 aliphatic carbocycles. The fourth-order valence-corrected chi connectivity index (χ4v) is 3.15. The Morgan fingerprint density at radius 2 is 0.969 bits per heavy atom. The van der Waals surface area contributed by atoms with Gasteiger partial charge in [-0.1, -0.05) is 60.7 Å². The number of rotatable bonds is 13. The van der Waals surface area contributed by atoms with Crippen molar-refractivity contribution in [3.05, 3.63) is 71.8 Å². The molecule has 2 aromatic rings. The molecular weight excluding hydrogens is 455 g/mol. The lowest BCUT2D eigenvalue weighted by atomic mass is 10.2. The van der Waals surface area contributed by atoms with Crippen LogP contribution in [-0.2, 0) is 13.1 Å². The fraction of sp³-hybridized carbons (Fsp3) is 0.364. The number of benzene rings is 2. The van der Waals surface area contributed by atoms with E-state index in [0.29, 0.717) is 39.3 Å². The van der Waals surface area contributed by atoms with Gasteiger partial charge >= 0.3 is 12.2 Å². The summed E-state index contributed by atoms with van der Waals surface area (Å²) in [6.07, 6.45) is -2.06. The van der Waals surface area contributed by atoms with Gasteiger partial charge < -0.3 is 20.8 Å². The summed E-state index contributed by atoms with van der Waals surface area (Å²) in [5.74, 6) is 0. The summed E-state index contributed by atoms with van der Waals surface area (Å²) in [4.78, 5) is 26.0. The van der Waals surface area contributed by atoms with Crippen molar-refractivity contribution >= 4 is 37.0 Å². The van der Waals surface area contributed by atoms with E-state index in [1.807, 2.05) is 36.4 Å². The van der Waals surface area contributed by atoms with E-state index >= 15 is 0 Å². The molecule has 10 heteroatoms. The zero-order valence-electron chi connectivity index (χ0n) is 17.9. The predicted octanol–water partition coefficient (Wildman–Crippen LogP) is 3.37. The first kappa shape index (κ1) is 29.5. The molecule has 0 radical (unpaired) electrons. The minimum Gasteiger partial charge on any atom is -0.465 e. The molecule has 2 aromatic carbocycles. The van der Waals surface area contributed by atoms with Crippen molar-refractivity contribution in [1.29, 1.82) is 0 Å². The maximum atomic E-state index is 10.8. The number of carbonyl (C=O) groups is 2. The van der Waals surface area contributed by atoms with E-state index in [1.165, 1.54) is 0 Å². The van der Waals surface area contributed by atoms with E-state index in [1.54, 1.807) is 0 Å². The van der Waals surface area contributed by atoms with Crippen molar-refractivity contribution in [2.75, 3.05) is 39.3 Å². The van der Waals surface area contributed by atoms with E-state index in [4.69, 9.17) is 10.2 Å². The largest absolute Gasteiger partial charge is 0.465 e. The van der Waals surface area contributed by atoms with Crippen LogP contribution in [0.15, 0.2) is 60.7 Å². The first-order chi connectivity index (χ1) is 14.5. The Hall–Kier alpha value is -2.52. The Bertz CT molecular complexity index is 704. The Morgan fingerprint density at radius 1 is 0.625 bits per heavy atom. The molecule has 0 saturated heterocycles. The maximum Gasteiger partial charge on any atom is 0.404 e. The zero-order chi connectivity index (χ0) is 21.6. The van der Waals surface area contributed by atoms with Gasteiger partial charge in [0.15, 0.2) is 0 Å². The number of nitrogens with zero attached hydrogens (tertiary/aromatic N) is 2. The van der Waals surface area contributed by atoms with Crippen molar-refractivity contribution in [2.24, 2.45) is 0 Å². The monoisotopic (exact) mass is 486 g/mol. The number of hydrogen-bond acceptors (Lipinski definition) is 4. The van der Waals surface area contributed by atoms with Gasteiger partial charge in [0.25, 0.3) is 0 Å². The number of hydrogen-bond donors (Lipinski definition) is 4. The normalized spacial score (nSPS) is 10.2. The van der Waals surface area contributed by atoms with Gasteiger partial charge in [-0.2, -0.15) is 0 Å². The van der Waals surface area contributed by atoms with Crippen LogP contribution >= 0.6 is 24.8 Å². The minimum absolute atomic E-state index is 0. The summed E-state index contributed by atoms with van der Waals surface area (Å²) in [7, 11) is 0. The van der Waals surface area contributed by atoms with E-state index in [-0.39, 0.29) is 24.8 Å². The number of amides is 2. The lowest BCUT2D eigenvalue weighted by Crippen LogP contribution is -2.41. The summed E-state index contributed by atoms with van der Waals surface area (Å²) in [6, 6.07) is 20.1. The Balaban J connectivity index is 0.00000480. The Labute approximate surface area is 201 Å². The third-order valence-corrected chi connectivity index (χ3v) is 4.64. The SMILES string of the molecule is Cl.Cl.O=C(O)NCCN(CCN(CCNC(=O)O)Cc1ccccc1)Cc1ccccc1. The Morgan fingerprint density at radius 3 is 1.28 bits per heavy atom. The van der Waals surface area contributed by atoms with Gasteiger partial charge in [-0.3, -0.25) is 9.80 Å². The third-order valence-electron chi connectivity index (χ3n) is 4.64. The fourth-order valence-electron chi connectivity index (χ4n) is 3.15. The molecule has 4 N–H and O–H groups in total. The highest BCUT2D eigenvalue weighted by atomic mass is 35.5. The average Bonchev–Trinajstić information content (AvgIpc) is 2.72. The van der Waals surface area contributed by atoms with Crippen molar-refractivity contribution in [3.63, 3.8) is 0 Å². The zero-order valence-corrected chi connectivity index (χ0v) is 19.5. The van der Waals surface area contributed by atoms with Crippen molar-refractivity contribution in [3.8, 4) is 0 Å². The molecule has 0 bridgehead atoms. The van der Waals surface area contributed by atoms with E-state index < -0.39 is 12.2 Å². The van der Waals surface area contributed by atoms with Crippen LogP contribution in [0, 0.1) is 0 Å². The highest BCUT2D eigenvalue weighted by Gasteiger charge is 2.12. The summed E-state index contributed by atoms with van der Waals surface area (Å²) < 4.78 is 0. The highest BCUT2D eigenvalue weighted by Crippen LogP contribution is 2.07. The number of halogens is 2. The number of carboxylic acid groups (broad SMARTS) is 2. The molecule has 0 spiro atoms. The molecule has 178 valence electrons. The van der Waals surface area contributed by atoms with Crippen LogP contribution in [0.4, 0.5) is 9.59 Å². The van der Waals surface area contributed by atoms with E-state index in [2.05, 4.69) is 44.7 Å². The molecule has 2 rings (SSSR count). The topological polar surface area (TPSA) is 105 Å². The van der Waals surface area contributed by atoms with Gasteiger partial charge in [0, 0.05) is 52.4 Å². The molecule has 0 fully saturated rings. The van der Waals surface area contributed by atoms with Crippen LogP contribution in [0.1, 0.15) is 11.1 Å². The van der Waals surface area contributed by atoms with Crippen molar-refractivity contribution in [2.45, 2.75) is 13.1 Å². The predicted molar refractivity (Wildman–Crippen MR) is 130 cm³/mol. The molecular formula is C22H32Cl2N4O4. The standard InChI is InChI=1S/C22H30N4O4.2ClH/c27-21(28)23-11-13-25(17-19-7-3-1-4-8-19)15-16-26(14-12-24-22(29)30)18-20-9-5-2-6-10-20;;/h1-10,23-24H,11-18H2,(H,27,28)(H,29,30);2*1H. The first-order valence-electron chi connectivity index (χ1n) is 9.99. The van der Waals surface area contributed by atoms with Crippen LogP contribution in [0.25, 0.3) is 0 Å². The minimum atomic E-state index is -1.03. The van der Waals surface area contributed by atoms with Gasteiger partial charge in [0.1, 0.15) is 0 Å². The van der Waals surface area contributed by atoms with Crippen LogP contribution < -0.4 is 10.6 Å². The third kappa shape index (κ3) is 13.0. The maximum absolute atomic E-state index is 10.8. The summed E-state index contributed by atoms with van der Waals surface area (Å²) in [5, 5.41) is 22.5. The second kappa shape index (κ2) is 17.1. The second-order valence-corrected chi connectivity index (χ2v) is 6.99. The number of nitrogens with one attached hydrogen (secondary N) is 2. The average molecular weight is 487 g/mol. The van der Waals surface area contributed by atoms with Gasteiger partial charge in [-0.05, 0) is 11.1 Å². The van der Waals surface area contributed by atoms with Crippen molar-refractivity contribution in [1.82, 2.24) is 20.4 Å². The van der Waals surface area contributed by atoms with Crippen LogP contribution in [0.2, 0.25) is 0 Å². The van der Waals surface area contributed by atoms with Crippen LogP contribution in [-0.4, -0.2) is 71.5 Å². The van der Waals surface area contributed by atoms with Crippen LogP contribution in [0.5, 0.6) is 0 Å². The van der Waals surface area contributed by atoms with Gasteiger partial charge in [-0.25, -0.2) is 9.59 Å². The molecule has 0 atom stereocenters. The van der Waals surface area contributed by atoms with E-state index in [0.717, 1.165) is 24.2 Å². The lowest BCUT2D eigenvalue weighted by Gasteiger charge is -2.28. The highest BCUT2D eigenvalue weighted by molar-refractivity contribution is 5.85. The molecule has 0 aliphatic rings. The summed E-state index contributed by atoms with van der Waals surface area (Å²) in [6.45, 7) is 4.78. The molecule has 0 unspecified atom stereocenters. The molecule has 0 heterocycles. The van der Waals surface area contributed by atoms with Gasteiger partial charge in [-0.15, -0.1) is 24.8 Å².